The lowest BCUT2D eigenvalue weighted by molar-refractivity contribution is 1.26. The fourth-order valence-corrected chi connectivity index (χ4v) is 1.07. The van der Waals surface area contributed by atoms with Gasteiger partial charge in [0.1, 0.15) is 11.4 Å². The van der Waals surface area contributed by atoms with Gasteiger partial charge in [-0.15, -0.1) is 10.2 Å². The van der Waals surface area contributed by atoms with Crippen molar-refractivity contribution in [2.45, 2.75) is 6.42 Å². The molecule has 0 aromatic rings. The fraction of sp³-hybridized carbons (Fsp3) is 0.167. The van der Waals surface area contributed by atoms with Crippen molar-refractivity contribution in [3.05, 3.63) is 0 Å². The molecular formula is C6H4N4S. The molecule has 0 aliphatic carbocycles. The predicted octanol–water partition coefficient (Wildman–Crippen LogP) is 0.627. The van der Waals surface area contributed by atoms with Crippen molar-refractivity contribution in [2.75, 3.05) is 0 Å². The van der Waals surface area contributed by atoms with Gasteiger partial charge in [-0.3, -0.25) is 0 Å². The van der Waals surface area contributed by atoms with Crippen molar-refractivity contribution < 1.29 is 0 Å². The summed E-state index contributed by atoms with van der Waals surface area (Å²) in [6, 6.07) is 0. The Kier molecular flexibility index (Phi) is 1.43. The molecule has 2 aliphatic rings. The van der Waals surface area contributed by atoms with E-state index >= 15 is 0 Å². The summed E-state index contributed by atoms with van der Waals surface area (Å²) in [7, 11) is 0. The predicted molar refractivity (Wildman–Crippen MR) is 49.1 cm³/mol. The monoisotopic (exact) mass is 164 g/mol. The summed E-state index contributed by atoms with van der Waals surface area (Å²) in [5, 5.41) is 15.1. The summed E-state index contributed by atoms with van der Waals surface area (Å²) in [6.45, 7) is 0. The Morgan fingerprint density at radius 3 is 3.09 bits per heavy atom. The normalized spacial score (nSPS) is 20.9. The van der Waals surface area contributed by atoms with Crippen molar-refractivity contribution in [3.63, 3.8) is 0 Å². The maximum atomic E-state index is 5.05. The average Bonchev–Trinajstić information content (AvgIpc) is 2.40. The van der Waals surface area contributed by atoms with Crippen LogP contribution in [0.3, 0.4) is 0 Å². The van der Waals surface area contributed by atoms with Crippen molar-refractivity contribution in [2.24, 2.45) is 20.4 Å². The van der Waals surface area contributed by atoms with E-state index < -0.39 is 0 Å². The van der Waals surface area contributed by atoms with Gasteiger partial charge in [-0.1, -0.05) is 12.2 Å². The number of hydrogen-bond acceptors (Lipinski definition) is 5. The van der Waals surface area contributed by atoms with Crippen LogP contribution in [0.5, 0.6) is 0 Å². The summed E-state index contributed by atoms with van der Waals surface area (Å²) in [4.78, 5) is 0.752. The van der Waals surface area contributed by atoms with E-state index in [-0.39, 0.29) is 0 Å². The molecule has 4 nitrogen and oxygen atoms in total. The summed E-state index contributed by atoms with van der Waals surface area (Å²) in [5.74, 6) is 0. The lowest BCUT2D eigenvalue weighted by Crippen LogP contribution is -2.19. The maximum absolute atomic E-state index is 5.05. The van der Waals surface area contributed by atoms with Crippen LogP contribution >= 0.6 is 12.2 Å². The lowest BCUT2D eigenvalue weighted by atomic mass is 10.1. The third-order valence-electron chi connectivity index (χ3n) is 1.37. The standard InChI is InChI=1S/C6H4N4S/c11-5-1-2-7-9-4-3-8-10-6(4)5/h2-3H,1H2. The summed E-state index contributed by atoms with van der Waals surface area (Å²) < 4.78 is 0. The Balaban J connectivity index is 2.47. The Morgan fingerprint density at radius 1 is 1.27 bits per heavy atom. The van der Waals surface area contributed by atoms with Crippen LogP contribution in [-0.4, -0.2) is 28.7 Å². The number of fused-ring (bicyclic) bond motifs is 1. The van der Waals surface area contributed by atoms with Crippen LogP contribution < -0.4 is 0 Å². The van der Waals surface area contributed by atoms with Crippen LogP contribution in [0.4, 0.5) is 0 Å². The van der Waals surface area contributed by atoms with Crippen molar-refractivity contribution in [1.29, 1.82) is 0 Å². The van der Waals surface area contributed by atoms with E-state index in [2.05, 4.69) is 20.4 Å². The average molecular weight is 164 g/mol. The van der Waals surface area contributed by atoms with Gasteiger partial charge < -0.3 is 0 Å². The molecule has 0 saturated carbocycles. The number of hydrogen-bond donors (Lipinski definition) is 0. The summed E-state index contributed by atoms with van der Waals surface area (Å²) in [6.07, 6.45) is 3.86. The second kappa shape index (κ2) is 2.43. The fourth-order valence-electron chi connectivity index (χ4n) is 0.849. The topological polar surface area (TPSA) is 49.4 Å². The molecule has 2 aliphatic heterocycles. The van der Waals surface area contributed by atoms with Gasteiger partial charge in [-0.2, -0.15) is 10.2 Å². The largest absolute Gasteiger partial charge is 0.162 e. The summed E-state index contributed by atoms with van der Waals surface area (Å²) in [5.41, 5.74) is 1.36. The zero-order chi connectivity index (χ0) is 7.68. The quantitative estimate of drug-likeness (QED) is 0.484. The molecule has 11 heavy (non-hydrogen) atoms. The van der Waals surface area contributed by atoms with E-state index in [1.807, 2.05) is 0 Å². The van der Waals surface area contributed by atoms with E-state index in [1.165, 1.54) is 0 Å². The molecule has 0 spiro atoms. The highest BCUT2D eigenvalue weighted by Crippen LogP contribution is 2.02. The molecule has 0 N–H and O–H groups in total. The van der Waals surface area contributed by atoms with E-state index in [4.69, 9.17) is 12.2 Å². The third-order valence-corrected chi connectivity index (χ3v) is 1.73. The lowest BCUT2D eigenvalue weighted by Gasteiger charge is -1.93. The van der Waals surface area contributed by atoms with Gasteiger partial charge in [-0.25, -0.2) is 0 Å². The second-order valence-corrected chi connectivity index (χ2v) is 2.60. The van der Waals surface area contributed by atoms with E-state index in [0.717, 1.165) is 4.86 Å². The first-order valence-corrected chi connectivity index (χ1v) is 3.53. The molecule has 0 unspecified atom stereocenters. The number of nitrogens with zero attached hydrogens (tertiary/aromatic N) is 4. The first kappa shape index (κ1) is 6.48. The van der Waals surface area contributed by atoms with Crippen LogP contribution in [0.15, 0.2) is 20.4 Å². The van der Waals surface area contributed by atoms with Crippen LogP contribution in [0.25, 0.3) is 0 Å². The molecule has 0 aromatic carbocycles. The molecule has 2 rings (SSSR count). The van der Waals surface area contributed by atoms with Gasteiger partial charge in [0.05, 0.1) is 11.1 Å². The minimum Gasteiger partial charge on any atom is -0.162 e. The van der Waals surface area contributed by atoms with Gasteiger partial charge in [0.15, 0.2) is 0 Å². The van der Waals surface area contributed by atoms with Crippen LogP contribution in [0, 0.1) is 0 Å². The Morgan fingerprint density at radius 2 is 2.18 bits per heavy atom. The van der Waals surface area contributed by atoms with Crippen LogP contribution in [0.1, 0.15) is 6.42 Å². The van der Waals surface area contributed by atoms with Crippen molar-refractivity contribution in [3.8, 4) is 0 Å². The molecule has 5 heteroatoms. The van der Waals surface area contributed by atoms with Gasteiger partial charge in [0, 0.05) is 12.6 Å². The number of rotatable bonds is 0. The third kappa shape index (κ3) is 1.03. The zero-order valence-electron chi connectivity index (χ0n) is 5.56. The molecule has 2 heterocycles. The summed E-state index contributed by atoms with van der Waals surface area (Å²) >= 11 is 5.05. The Bertz CT molecular complexity index is 323. The van der Waals surface area contributed by atoms with Gasteiger partial charge >= 0.3 is 0 Å². The highest BCUT2D eigenvalue weighted by atomic mass is 32.1. The van der Waals surface area contributed by atoms with Gasteiger partial charge in [0.25, 0.3) is 0 Å². The van der Waals surface area contributed by atoms with Gasteiger partial charge in [0.2, 0.25) is 0 Å². The molecule has 0 bridgehead atoms. The minimum atomic E-state index is 0.629. The van der Waals surface area contributed by atoms with Gasteiger partial charge in [-0.05, 0) is 0 Å². The zero-order valence-corrected chi connectivity index (χ0v) is 6.38. The molecular weight excluding hydrogens is 160 g/mol. The Labute approximate surface area is 68.4 Å². The second-order valence-electron chi connectivity index (χ2n) is 2.10. The smallest absolute Gasteiger partial charge is 0.134 e. The molecule has 0 atom stereocenters. The highest BCUT2D eigenvalue weighted by molar-refractivity contribution is 7.82. The first-order valence-electron chi connectivity index (χ1n) is 3.12. The van der Waals surface area contributed by atoms with Crippen LogP contribution in [-0.2, 0) is 0 Å². The number of thiocarbonyl (C=S) groups is 1. The molecule has 0 fully saturated rings. The minimum absolute atomic E-state index is 0.629. The maximum Gasteiger partial charge on any atom is 0.134 e. The molecule has 54 valence electrons. The van der Waals surface area contributed by atoms with E-state index in [0.29, 0.717) is 17.8 Å². The molecule has 0 radical (unpaired) electrons. The Hall–Kier alpha value is -1.23. The van der Waals surface area contributed by atoms with Crippen LogP contribution in [0.2, 0.25) is 0 Å². The van der Waals surface area contributed by atoms with Crippen molar-refractivity contribution >= 4 is 40.9 Å². The van der Waals surface area contributed by atoms with Crippen molar-refractivity contribution in [1.82, 2.24) is 0 Å². The molecule has 0 saturated heterocycles. The van der Waals surface area contributed by atoms with E-state index in [1.54, 1.807) is 12.4 Å². The molecule has 0 amide bonds. The van der Waals surface area contributed by atoms with E-state index in [9.17, 15) is 0 Å². The first-order chi connectivity index (χ1) is 5.38. The SMILES string of the molecule is S=C1CC=NN=C2C=NN=C12. The molecule has 0 aromatic heterocycles. The highest BCUT2D eigenvalue weighted by Gasteiger charge is 2.17.